The van der Waals surface area contributed by atoms with E-state index in [0.29, 0.717) is 12.1 Å². The van der Waals surface area contributed by atoms with E-state index in [0.717, 1.165) is 5.92 Å². The van der Waals surface area contributed by atoms with Crippen molar-refractivity contribution < 1.29 is 0 Å². The molecule has 4 rings (SSSR count). The fourth-order valence-corrected chi connectivity index (χ4v) is 5.33. The number of nitrogens with one attached hydrogen (secondary N) is 1. The van der Waals surface area contributed by atoms with Crippen molar-refractivity contribution in [2.75, 3.05) is 0 Å². The van der Waals surface area contributed by atoms with E-state index in [4.69, 9.17) is 0 Å². The minimum absolute atomic E-state index is 0.529. The van der Waals surface area contributed by atoms with Crippen LogP contribution >= 0.6 is 27.3 Å². The second-order valence-electron chi connectivity index (χ2n) is 6.27. The van der Waals surface area contributed by atoms with E-state index in [9.17, 15) is 0 Å². The lowest BCUT2D eigenvalue weighted by molar-refractivity contribution is 0.376. The number of rotatable bonds is 4. The molecule has 1 fully saturated rings. The predicted molar refractivity (Wildman–Crippen MR) is 92.7 cm³/mol. The SMILES string of the molecule is Brc1cc2c(s1)CCCC2NC(c1ccccc1)C1CC1. The zero-order valence-electron chi connectivity index (χ0n) is 12.0. The Labute approximate surface area is 138 Å². The molecular formula is C18H20BrNS. The molecule has 1 N–H and O–H groups in total. The molecule has 2 aliphatic rings. The van der Waals surface area contributed by atoms with Crippen LogP contribution in [0.25, 0.3) is 0 Å². The number of aryl methyl sites for hydroxylation is 1. The highest BCUT2D eigenvalue weighted by atomic mass is 79.9. The normalized spacial score (nSPS) is 22.8. The average molecular weight is 362 g/mol. The Morgan fingerprint density at radius 1 is 1.14 bits per heavy atom. The van der Waals surface area contributed by atoms with Gasteiger partial charge in [0.2, 0.25) is 0 Å². The second-order valence-corrected chi connectivity index (χ2v) is 8.78. The van der Waals surface area contributed by atoms with Crippen LogP contribution in [0.1, 0.15) is 53.8 Å². The fraction of sp³-hybridized carbons (Fsp3) is 0.444. The van der Waals surface area contributed by atoms with Gasteiger partial charge in [-0.25, -0.2) is 0 Å². The molecule has 1 heterocycles. The van der Waals surface area contributed by atoms with Crippen LogP contribution in [0.4, 0.5) is 0 Å². The summed E-state index contributed by atoms with van der Waals surface area (Å²) in [5.41, 5.74) is 3.00. The quantitative estimate of drug-likeness (QED) is 0.743. The molecule has 2 aromatic rings. The van der Waals surface area contributed by atoms with Gasteiger partial charge in [0, 0.05) is 17.0 Å². The molecule has 1 nitrogen and oxygen atoms in total. The molecule has 21 heavy (non-hydrogen) atoms. The van der Waals surface area contributed by atoms with Gasteiger partial charge in [-0.05, 0) is 71.1 Å². The number of hydrogen-bond donors (Lipinski definition) is 1. The lowest BCUT2D eigenvalue weighted by atomic mass is 9.91. The van der Waals surface area contributed by atoms with Crippen molar-refractivity contribution in [2.45, 2.75) is 44.2 Å². The Balaban J connectivity index is 1.59. The summed E-state index contributed by atoms with van der Waals surface area (Å²) in [7, 11) is 0. The average Bonchev–Trinajstić information content (AvgIpc) is 3.26. The predicted octanol–water partition coefficient (Wildman–Crippen LogP) is 5.63. The van der Waals surface area contributed by atoms with Crippen LogP contribution < -0.4 is 5.32 Å². The topological polar surface area (TPSA) is 12.0 Å². The summed E-state index contributed by atoms with van der Waals surface area (Å²) < 4.78 is 1.28. The van der Waals surface area contributed by atoms with E-state index in [1.165, 1.54) is 41.5 Å². The Morgan fingerprint density at radius 3 is 2.71 bits per heavy atom. The largest absolute Gasteiger partial charge is 0.303 e. The van der Waals surface area contributed by atoms with Crippen molar-refractivity contribution in [3.05, 3.63) is 56.2 Å². The zero-order chi connectivity index (χ0) is 14.2. The van der Waals surface area contributed by atoms with Crippen molar-refractivity contribution in [1.29, 1.82) is 0 Å². The summed E-state index contributed by atoms with van der Waals surface area (Å²) >= 11 is 5.58. The van der Waals surface area contributed by atoms with Gasteiger partial charge in [0.1, 0.15) is 0 Å². The molecule has 2 atom stereocenters. The van der Waals surface area contributed by atoms with E-state index in [-0.39, 0.29) is 0 Å². The third-order valence-corrected chi connectivity index (χ3v) is 6.43. The number of hydrogen-bond acceptors (Lipinski definition) is 2. The van der Waals surface area contributed by atoms with Gasteiger partial charge in [-0.2, -0.15) is 0 Å². The van der Waals surface area contributed by atoms with Crippen molar-refractivity contribution in [1.82, 2.24) is 5.32 Å². The maximum absolute atomic E-state index is 3.99. The molecular weight excluding hydrogens is 342 g/mol. The van der Waals surface area contributed by atoms with Crippen molar-refractivity contribution >= 4 is 27.3 Å². The van der Waals surface area contributed by atoms with Gasteiger partial charge in [-0.1, -0.05) is 30.3 Å². The number of fused-ring (bicyclic) bond motifs is 1. The van der Waals surface area contributed by atoms with E-state index in [1.807, 2.05) is 11.3 Å². The molecule has 0 radical (unpaired) electrons. The highest BCUT2D eigenvalue weighted by Gasteiger charge is 2.35. The molecule has 2 aliphatic carbocycles. The van der Waals surface area contributed by atoms with Gasteiger partial charge in [0.05, 0.1) is 3.79 Å². The van der Waals surface area contributed by atoms with Gasteiger partial charge in [0.15, 0.2) is 0 Å². The minimum atomic E-state index is 0.529. The van der Waals surface area contributed by atoms with Gasteiger partial charge in [-0.3, -0.25) is 0 Å². The number of thiophene rings is 1. The molecule has 0 aliphatic heterocycles. The Kier molecular flexibility index (Phi) is 3.91. The molecule has 0 spiro atoms. The van der Waals surface area contributed by atoms with Gasteiger partial charge in [-0.15, -0.1) is 11.3 Å². The summed E-state index contributed by atoms with van der Waals surface area (Å²) in [6, 6.07) is 14.4. The molecule has 1 aromatic carbocycles. The van der Waals surface area contributed by atoms with E-state index >= 15 is 0 Å². The van der Waals surface area contributed by atoms with Crippen LogP contribution in [0.3, 0.4) is 0 Å². The first kappa shape index (κ1) is 14.0. The smallest absolute Gasteiger partial charge is 0.0704 e. The Hall–Kier alpha value is -0.640. The minimum Gasteiger partial charge on any atom is -0.303 e. The summed E-state index contributed by atoms with van der Waals surface area (Å²) in [6.07, 6.45) is 6.58. The Morgan fingerprint density at radius 2 is 1.95 bits per heavy atom. The highest BCUT2D eigenvalue weighted by molar-refractivity contribution is 9.11. The molecule has 3 heteroatoms. The number of halogens is 1. The standard InChI is InChI=1S/C18H20BrNS/c19-17-11-14-15(7-4-8-16(14)21-17)20-18(13-9-10-13)12-5-2-1-3-6-12/h1-3,5-6,11,13,15,18,20H,4,7-10H2. The molecule has 0 saturated heterocycles. The second kappa shape index (κ2) is 5.86. The molecule has 0 amide bonds. The third kappa shape index (κ3) is 2.96. The molecule has 1 saturated carbocycles. The zero-order valence-corrected chi connectivity index (χ0v) is 14.4. The van der Waals surface area contributed by atoms with Crippen LogP contribution in [0.2, 0.25) is 0 Å². The van der Waals surface area contributed by atoms with E-state index < -0.39 is 0 Å². The van der Waals surface area contributed by atoms with Crippen LogP contribution in [-0.4, -0.2) is 0 Å². The van der Waals surface area contributed by atoms with E-state index in [2.05, 4.69) is 57.6 Å². The molecule has 0 bridgehead atoms. The summed E-state index contributed by atoms with van der Waals surface area (Å²) in [5.74, 6) is 0.833. The summed E-state index contributed by atoms with van der Waals surface area (Å²) in [4.78, 5) is 1.58. The van der Waals surface area contributed by atoms with Crippen LogP contribution in [-0.2, 0) is 6.42 Å². The maximum Gasteiger partial charge on any atom is 0.0704 e. The summed E-state index contributed by atoms with van der Waals surface area (Å²) in [6.45, 7) is 0. The number of benzene rings is 1. The van der Waals surface area contributed by atoms with Crippen LogP contribution in [0, 0.1) is 5.92 Å². The van der Waals surface area contributed by atoms with Gasteiger partial charge in [0.25, 0.3) is 0 Å². The van der Waals surface area contributed by atoms with Gasteiger partial charge < -0.3 is 5.32 Å². The summed E-state index contributed by atoms with van der Waals surface area (Å²) in [5, 5.41) is 3.99. The third-order valence-electron chi connectivity index (χ3n) is 4.72. The fourth-order valence-electron chi connectivity index (χ4n) is 3.51. The Bertz CT molecular complexity index is 617. The lowest BCUT2D eigenvalue weighted by Crippen LogP contribution is -2.29. The van der Waals surface area contributed by atoms with E-state index in [1.54, 1.807) is 10.4 Å². The monoisotopic (exact) mass is 361 g/mol. The van der Waals surface area contributed by atoms with Crippen molar-refractivity contribution in [3.8, 4) is 0 Å². The van der Waals surface area contributed by atoms with Crippen molar-refractivity contribution in [2.24, 2.45) is 5.92 Å². The lowest BCUT2D eigenvalue weighted by Gasteiger charge is -2.29. The highest BCUT2D eigenvalue weighted by Crippen LogP contribution is 2.44. The van der Waals surface area contributed by atoms with Crippen molar-refractivity contribution in [3.63, 3.8) is 0 Å². The molecule has 110 valence electrons. The van der Waals surface area contributed by atoms with Gasteiger partial charge >= 0.3 is 0 Å². The molecule has 1 aromatic heterocycles. The maximum atomic E-state index is 3.99. The molecule has 2 unspecified atom stereocenters. The van der Waals surface area contributed by atoms with Crippen LogP contribution in [0.15, 0.2) is 40.2 Å². The first-order chi connectivity index (χ1) is 10.3. The van der Waals surface area contributed by atoms with Crippen LogP contribution in [0.5, 0.6) is 0 Å². The first-order valence-corrected chi connectivity index (χ1v) is 9.51. The first-order valence-electron chi connectivity index (χ1n) is 7.90.